The number of aryl methyl sites for hydroxylation is 1. The molecule has 0 aliphatic rings. The van der Waals surface area contributed by atoms with Crippen LogP contribution in [0.5, 0.6) is 5.75 Å². The van der Waals surface area contributed by atoms with Crippen LogP contribution in [0, 0.1) is 0 Å². The maximum Gasteiger partial charge on any atom is 0.404 e. The van der Waals surface area contributed by atoms with Crippen LogP contribution in [-0.4, -0.2) is 80.4 Å². The molecule has 2 aromatic carbocycles. The number of nitrogens with one attached hydrogen (secondary N) is 4. The predicted molar refractivity (Wildman–Crippen MR) is 160 cm³/mol. The fraction of sp³-hybridized carbons (Fsp3) is 0.286. The first-order chi connectivity index (χ1) is 20.7. The van der Waals surface area contributed by atoms with Gasteiger partial charge in [0.15, 0.2) is 11.5 Å². The number of ether oxygens (including phenoxy) is 2. The summed E-state index contributed by atoms with van der Waals surface area (Å²) in [6, 6.07) is 10.1. The summed E-state index contributed by atoms with van der Waals surface area (Å²) in [5.74, 6) is 0.591. The molecule has 0 aliphatic heterocycles. The van der Waals surface area contributed by atoms with Crippen LogP contribution < -0.4 is 25.4 Å². The standard InChI is InChI=1S/C28H33N7O7S/c1-4-18-15-19(5-7-21(18)27(36)31-10-13-42-14-11-32-28(37)38)34-25-26-33-17-23(35(26)12-9-30-25)22-8-6-20(41-3)16-24(22)43(39,40)29-2/h5-9,12,15-17,29,32H,4,10-11,13-14H2,1-3H3,(H,30,34)(H,31,36)(H,37,38). The number of fused-ring (bicyclic) bond motifs is 1. The number of nitrogens with zero attached hydrogens (tertiary/aromatic N) is 3. The molecule has 0 unspecified atom stereocenters. The van der Waals surface area contributed by atoms with Gasteiger partial charge in [-0.1, -0.05) is 6.92 Å². The molecule has 0 aliphatic carbocycles. The fourth-order valence-electron chi connectivity index (χ4n) is 4.37. The van der Waals surface area contributed by atoms with Crippen LogP contribution in [0.2, 0.25) is 0 Å². The van der Waals surface area contributed by atoms with Gasteiger partial charge in [-0.15, -0.1) is 0 Å². The first-order valence-electron chi connectivity index (χ1n) is 13.3. The quantitative estimate of drug-likeness (QED) is 0.133. The topological polar surface area (TPSA) is 185 Å². The number of rotatable bonds is 14. The van der Waals surface area contributed by atoms with Crippen molar-refractivity contribution in [1.82, 2.24) is 29.7 Å². The zero-order valence-corrected chi connectivity index (χ0v) is 24.7. The second kappa shape index (κ2) is 14.0. The number of carbonyl (C=O) groups excluding carboxylic acids is 1. The molecule has 2 aromatic heterocycles. The van der Waals surface area contributed by atoms with Gasteiger partial charge in [-0.25, -0.2) is 27.9 Å². The van der Waals surface area contributed by atoms with Crippen molar-refractivity contribution in [3.63, 3.8) is 0 Å². The molecule has 0 bridgehead atoms. The Balaban J connectivity index is 1.53. The van der Waals surface area contributed by atoms with E-state index in [4.69, 9.17) is 14.6 Å². The van der Waals surface area contributed by atoms with E-state index in [1.165, 1.54) is 20.2 Å². The summed E-state index contributed by atoms with van der Waals surface area (Å²) in [6.07, 6.45) is 4.34. The molecule has 43 heavy (non-hydrogen) atoms. The Morgan fingerprint density at radius 1 is 1.05 bits per heavy atom. The van der Waals surface area contributed by atoms with Gasteiger partial charge in [0.25, 0.3) is 5.91 Å². The van der Waals surface area contributed by atoms with Crippen molar-refractivity contribution in [2.75, 3.05) is 45.8 Å². The van der Waals surface area contributed by atoms with Crippen molar-refractivity contribution in [2.24, 2.45) is 0 Å². The average Bonchev–Trinajstić information content (AvgIpc) is 3.45. The lowest BCUT2D eigenvalue weighted by Crippen LogP contribution is -2.30. The minimum Gasteiger partial charge on any atom is -0.497 e. The Kier molecular flexibility index (Phi) is 10.1. The van der Waals surface area contributed by atoms with Crippen LogP contribution in [-0.2, 0) is 21.2 Å². The number of imidazole rings is 1. The van der Waals surface area contributed by atoms with Crippen LogP contribution >= 0.6 is 0 Å². The summed E-state index contributed by atoms with van der Waals surface area (Å²) in [5, 5.41) is 16.8. The van der Waals surface area contributed by atoms with Crippen molar-refractivity contribution in [2.45, 2.75) is 18.2 Å². The molecule has 228 valence electrons. The molecule has 14 nitrogen and oxygen atoms in total. The molecule has 4 aromatic rings. The minimum atomic E-state index is -3.81. The molecule has 0 radical (unpaired) electrons. The number of amides is 2. The second-order valence-electron chi connectivity index (χ2n) is 9.13. The number of anilines is 2. The van der Waals surface area contributed by atoms with E-state index in [0.29, 0.717) is 46.1 Å². The van der Waals surface area contributed by atoms with E-state index < -0.39 is 16.1 Å². The molecular formula is C28H33N7O7S. The zero-order chi connectivity index (χ0) is 31.0. The van der Waals surface area contributed by atoms with Crippen molar-refractivity contribution in [1.29, 1.82) is 0 Å². The maximum absolute atomic E-state index is 12.8. The van der Waals surface area contributed by atoms with E-state index in [1.54, 1.807) is 47.3 Å². The number of methoxy groups -OCH3 is 1. The normalized spacial score (nSPS) is 11.3. The first-order valence-corrected chi connectivity index (χ1v) is 14.8. The van der Waals surface area contributed by atoms with Gasteiger partial charge in [0.1, 0.15) is 5.75 Å². The van der Waals surface area contributed by atoms with Crippen LogP contribution in [0.1, 0.15) is 22.8 Å². The first kappa shape index (κ1) is 31.2. The summed E-state index contributed by atoms with van der Waals surface area (Å²) in [6.45, 7) is 2.84. The fourth-order valence-corrected chi connectivity index (χ4v) is 5.32. The largest absolute Gasteiger partial charge is 0.497 e. The van der Waals surface area contributed by atoms with E-state index in [9.17, 15) is 18.0 Å². The molecule has 15 heteroatoms. The summed E-state index contributed by atoms with van der Waals surface area (Å²) in [4.78, 5) is 32.2. The van der Waals surface area contributed by atoms with Gasteiger partial charge in [0, 0.05) is 48.4 Å². The van der Waals surface area contributed by atoms with Gasteiger partial charge in [0.2, 0.25) is 10.0 Å². The van der Waals surface area contributed by atoms with Gasteiger partial charge in [-0.2, -0.15) is 0 Å². The third-order valence-electron chi connectivity index (χ3n) is 6.50. The lowest BCUT2D eigenvalue weighted by Gasteiger charge is -2.13. The third kappa shape index (κ3) is 7.38. The molecule has 2 heterocycles. The number of carboxylic acid groups (broad SMARTS) is 1. The molecule has 0 spiro atoms. The molecule has 2 amide bonds. The van der Waals surface area contributed by atoms with Gasteiger partial charge >= 0.3 is 6.09 Å². The molecule has 5 N–H and O–H groups in total. The maximum atomic E-state index is 12.8. The average molecular weight is 612 g/mol. The monoisotopic (exact) mass is 611 g/mol. The van der Waals surface area contributed by atoms with Crippen molar-refractivity contribution in [3.8, 4) is 17.0 Å². The van der Waals surface area contributed by atoms with E-state index in [2.05, 4.69) is 30.6 Å². The molecule has 0 fully saturated rings. The number of carbonyl (C=O) groups is 2. The number of hydrogen-bond donors (Lipinski definition) is 5. The number of hydrogen-bond acceptors (Lipinski definition) is 9. The summed E-state index contributed by atoms with van der Waals surface area (Å²) >= 11 is 0. The van der Waals surface area contributed by atoms with Crippen LogP contribution in [0.15, 0.2) is 59.9 Å². The van der Waals surface area contributed by atoms with Crippen LogP contribution in [0.4, 0.5) is 16.3 Å². The Morgan fingerprint density at radius 3 is 2.51 bits per heavy atom. The molecule has 0 atom stereocenters. The molecule has 0 saturated heterocycles. The SMILES string of the molecule is CCc1cc(Nc2nccn3c(-c4ccc(OC)cc4S(=O)(=O)NC)cnc23)ccc1C(=O)NCCOCCNC(=O)O. The van der Waals surface area contributed by atoms with Gasteiger partial charge in [0.05, 0.1) is 37.1 Å². The number of sulfonamides is 1. The molecule has 0 saturated carbocycles. The number of aromatic nitrogens is 3. The highest BCUT2D eigenvalue weighted by Crippen LogP contribution is 2.32. The lowest BCUT2D eigenvalue weighted by molar-refractivity contribution is 0.0916. The van der Waals surface area contributed by atoms with Crippen molar-refractivity contribution < 1.29 is 32.6 Å². The lowest BCUT2D eigenvalue weighted by atomic mass is 10.0. The smallest absolute Gasteiger partial charge is 0.404 e. The Labute approximate surface area is 248 Å². The van der Waals surface area contributed by atoms with Gasteiger partial charge in [-0.05, 0) is 49.4 Å². The van der Waals surface area contributed by atoms with E-state index >= 15 is 0 Å². The highest BCUT2D eigenvalue weighted by atomic mass is 32.2. The van der Waals surface area contributed by atoms with Crippen LogP contribution in [0.3, 0.4) is 0 Å². The highest BCUT2D eigenvalue weighted by molar-refractivity contribution is 7.89. The zero-order valence-electron chi connectivity index (χ0n) is 23.9. The van der Waals surface area contributed by atoms with E-state index in [-0.39, 0.29) is 37.1 Å². The van der Waals surface area contributed by atoms with Crippen LogP contribution in [0.25, 0.3) is 16.9 Å². The Hall–Kier alpha value is -4.73. The van der Waals surface area contributed by atoms with E-state index in [0.717, 1.165) is 5.56 Å². The molecule has 4 rings (SSSR count). The minimum absolute atomic E-state index is 0.0469. The summed E-state index contributed by atoms with van der Waals surface area (Å²) in [7, 11) is -1.000. The Morgan fingerprint density at radius 2 is 1.81 bits per heavy atom. The van der Waals surface area contributed by atoms with E-state index in [1.807, 2.05) is 13.0 Å². The number of benzene rings is 2. The third-order valence-corrected chi connectivity index (χ3v) is 7.95. The van der Waals surface area contributed by atoms with Crippen molar-refractivity contribution >= 4 is 39.2 Å². The van der Waals surface area contributed by atoms with Gasteiger partial charge < -0.3 is 30.5 Å². The molecular weight excluding hydrogens is 578 g/mol. The van der Waals surface area contributed by atoms with Crippen molar-refractivity contribution in [3.05, 3.63) is 66.1 Å². The summed E-state index contributed by atoms with van der Waals surface area (Å²) < 4.78 is 40.3. The Bertz CT molecular complexity index is 1720. The summed E-state index contributed by atoms with van der Waals surface area (Å²) in [5.41, 5.74) is 3.47. The van der Waals surface area contributed by atoms with Gasteiger partial charge in [-0.3, -0.25) is 9.20 Å². The second-order valence-corrected chi connectivity index (χ2v) is 11.0. The highest BCUT2D eigenvalue weighted by Gasteiger charge is 2.22. The predicted octanol–water partition coefficient (Wildman–Crippen LogP) is 2.63.